The van der Waals surface area contributed by atoms with Crippen molar-refractivity contribution < 1.29 is 23.9 Å². The molecule has 35 heavy (non-hydrogen) atoms. The van der Waals surface area contributed by atoms with Crippen LogP contribution in [-0.4, -0.2) is 30.8 Å². The average molecular weight is 472 g/mol. The molecule has 0 aliphatic rings. The maximum Gasteiger partial charge on any atom is 0.330 e. The number of fused-ring (bicyclic) bond motifs is 1. The normalized spacial score (nSPS) is 11.8. The van der Waals surface area contributed by atoms with Gasteiger partial charge in [0.25, 0.3) is 17.7 Å². The Hall–Kier alpha value is -4.72. The van der Waals surface area contributed by atoms with Crippen LogP contribution in [0.3, 0.4) is 0 Å². The van der Waals surface area contributed by atoms with Gasteiger partial charge in [-0.3, -0.25) is 25.2 Å². The lowest BCUT2D eigenvalue weighted by atomic mass is 9.99. The van der Waals surface area contributed by atoms with Gasteiger partial charge in [0.1, 0.15) is 0 Å². The van der Waals surface area contributed by atoms with Gasteiger partial charge in [0.15, 0.2) is 0 Å². The standard InChI is InChI=1S/C27H25N3O5/c1-18(21-13-7-10-19-8-3-5-11-22(19)21)28-27(34)23-12-6-4-9-20(23)14-15-24(31)29-30-25(32)16-17-26(33)35-2/h3-18H,1-2H3,(H,28,34)(H,29,31)(H,30,32)/b15-14+,17-16+/t18-/m1/s1. The second kappa shape index (κ2) is 11.9. The van der Waals surface area contributed by atoms with Crippen LogP contribution in [0.4, 0.5) is 0 Å². The van der Waals surface area contributed by atoms with Gasteiger partial charge in [-0.05, 0) is 41.0 Å². The highest BCUT2D eigenvalue weighted by Crippen LogP contribution is 2.24. The summed E-state index contributed by atoms with van der Waals surface area (Å²) in [5.41, 5.74) is 6.24. The zero-order valence-corrected chi connectivity index (χ0v) is 19.3. The molecule has 1 atom stereocenters. The third kappa shape index (κ3) is 6.88. The van der Waals surface area contributed by atoms with Crippen LogP contribution in [-0.2, 0) is 19.1 Å². The Kier molecular flexibility index (Phi) is 8.50. The van der Waals surface area contributed by atoms with Crippen molar-refractivity contribution in [3.05, 3.63) is 102 Å². The van der Waals surface area contributed by atoms with Gasteiger partial charge in [0.2, 0.25) is 0 Å². The highest BCUT2D eigenvalue weighted by molar-refractivity contribution is 6.01. The number of carbonyl (C=O) groups is 4. The summed E-state index contributed by atoms with van der Waals surface area (Å²) in [6, 6.07) is 20.6. The molecule has 3 amide bonds. The second-order valence-electron chi connectivity index (χ2n) is 7.52. The van der Waals surface area contributed by atoms with Crippen molar-refractivity contribution in [1.29, 1.82) is 0 Å². The molecule has 0 aliphatic heterocycles. The van der Waals surface area contributed by atoms with E-state index in [1.165, 1.54) is 19.3 Å². The number of hydrogen-bond acceptors (Lipinski definition) is 5. The lowest BCUT2D eigenvalue weighted by Gasteiger charge is -2.17. The molecule has 3 aromatic rings. The number of amides is 3. The van der Waals surface area contributed by atoms with Crippen LogP contribution >= 0.6 is 0 Å². The van der Waals surface area contributed by atoms with Crippen LogP contribution in [0.2, 0.25) is 0 Å². The summed E-state index contributed by atoms with van der Waals surface area (Å²) in [4.78, 5) is 47.7. The predicted octanol–water partition coefficient (Wildman–Crippen LogP) is 3.22. The van der Waals surface area contributed by atoms with E-state index < -0.39 is 17.8 Å². The third-order valence-corrected chi connectivity index (χ3v) is 5.14. The lowest BCUT2D eigenvalue weighted by molar-refractivity contribution is -0.135. The molecule has 0 bridgehead atoms. The number of hydrazine groups is 1. The SMILES string of the molecule is COC(=O)/C=C/C(=O)NNC(=O)/C=C/c1ccccc1C(=O)N[C@H](C)c1cccc2ccccc12. The van der Waals surface area contributed by atoms with E-state index in [-0.39, 0.29) is 11.9 Å². The molecular formula is C27H25N3O5. The fourth-order valence-corrected chi connectivity index (χ4v) is 3.41. The van der Waals surface area contributed by atoms with Crippen molar-refractivity contribution in [3.63, 3.8) is 0 Å². The van der Waals surface area contributed by atoms with Crippen molar-refractivity contribution in [2.45, 2.75) is 13.0 Å². The first kappa shape index (κ1) is 24.9. The molecule has 0 spiro atoms. The average Bonchev–Trinajstić information content (AvgIpc) is 2.88. The Morgan fingerprint density at radius 1 is 0.800 bits per heavy atom. The number of rotatable bonds is 7. The second-order valence-corrected chi connectivity index (χ2v) is 7.52. The molecule has 178 valence electrons. The largest absolute Gasteiger partial charge is 0.466 e. The van der Waals surface area contributed by atoms with Crippen molar-refractivity contribution in [3.8, 4) is 0 Å². The summed E-state index contributed by atoms with van der Waals surface area (Å²) < 4.78 is 4.38. The number of methoxy groups -OCH3 is 1. The van der Waals surface area contributed by atoms with E-state index >= 15 is 0 Å². The highest BCUT2D eigenvalue weighted by atomic mass is 16.5. The van der Waals surface area contributed by atoms with Gasteiger partial charge < -0.3 is 10.1 Å². The van der Waals surface area contributed by atoms with Crippen LogP contribution in [0.15, 0.2) is 85.0 Å². The maximum absolute atomic E-state index is 13.0. The van der Waals surface area contributed by atoms with Gasteiger partial charge in [-0.15, -0.1) is 0 Å². The molecule has 0 aliphatic carbocycles. The molecule has 0 unspecified atom stereocenters. The van der Waals surface area contributed by atoms with E-state index in [0.717, 1.165) is 28.5 Å². The molecule has 3 aromatic carbocycles. The topological polar surface area (TPSA) is 114 Å². The van der Waals surface area contributed by atoms with Crippen LogP contribution in [0.1, 0.15) is 34.5 Å². The summed E-state index contributed by atoms with van der Waals surface area (Å²) >= 11 is 0. The summed E-state index contributed by atoms with van der Waals surface area (Å²) in [6.45, 7) is 1.92. The Morgan fingerprint density at radius 3 is 2.23 bits per heavy atom. The van der Waals surface area contributed by atoms with Crippen molar-refractivity contribution in [2.24, 2.45) is 0 Å². The quantitative estimate of drug-likeness (QED) is 0.278. The van der Waals surface area contributed by atoms with Gasteiger partial charge >= 0.3 is 5.97 Å². The Bertz CT molecular complexity index is 1310. The number of ether oxygens (including phenoxy) is 1. The van der Waals surface area contributed by atoms with Crippen LogP contribution < -0.4 is 16.2 Å². The Balaban J connectivity index is 1.66. The molecule has 8 nitrogen and oxygen atoms in total. The van der Waals surface area contributed by atoms with E-state index in [4.69, 9.17) is 0 Å². The molecule has 0 fully saturated rings. The number of carbonyl (C=O) groups excluding carboxylic acids is 4. The zero-order chi connectivity index (χ0) is 25.2. The van der Waals surface area contributed by atoms with E-state index in [9.17, 15) is 19.2 Å². The van der Waals surface area contributed by atoms with Gasteiger partial charge in [0, 0.05) is 23.8 Å². The third-order valence-electron chi connectivity index (χ3n) is 5.14. The first-order valence-electron chi connectivity index (χ1n) is 10.8. The predicted molar refractivity (Wildman–Crippen MR) is 133 cm³/mol. The van der Waals surface area contributed by atoms with Crippen LogP contribution in [0.5, 0.6) is 0 Å². The Labute approximate surface area is 202 Å². The van der Waals surface area contributed by atoms with E-state index in [2.05, 4.69) is 20.9 Å². The molecule has 0 heterocycles. The maximum atomic E-state index is 13.0. The van der Waals surface area contributed by atoms with Crippen molar-refractivity contribution in [1.82, 2.24) is 16.2 Å². The van der Waals surface area contributed by atoms with Crippen molar-refractivity contribution >= 4 is 40.5 Å². The highest BCUT2D eigenvalue weighted by Gasteiger charge is 2.15. The first-order chi connectivity index (χ1) is 16.9. The van der Waals surface area contributed by atoms with Gasteiger partial charge in [-0.25, -0.2) is 4.79 Å². The number of benzene rings is 3. The monoisotopic (exact) mass is 471 g/mol. The lowest BCUT2D eigenvalue weighted by Crippen LogP contribution is -2.39. The number of esters is 1. The Morgan fingerprint density at radius 2 is 1.46 bits per heavy atom. The van der Waals surface area contributed by atoms with E-state index in [1.807, 2.05) is 49.4 Å². The van der Waals surface area contributed by atoms with E-state index in [1.54, 1.807) is 24.3 Å². The minimum absolute atomic E-state index is 0.248. The molecule has 0 radical (unpaired) electrons. The summed E-state index contributed by atoms with van der Waals surface area (Å²) in [5, 5.41) is 5.18. The van der Waals surface area contributed by atoms with E-state index in [0.29, 0.717) is 11.1 Å². The molecule has 3 N–H and O–H groups in total. The van der Waals surface area contributed by atoms with Crippen molar-refractivity contribution in [2.75, 3.05) is 7.11 Å². The summed E-state index contributed by atoms with van der Waals surface area (Å²) in [7, 11) is 1.18. The fraction of sp³-hybridized carbons (Fsp3) is 0.111. The molecular weight excluding hydrogens is 446 g/mol. The molecule has 0 saturated heterocycles. The van der Waals surface area contributed by atoms with Crippen LogP contribution in [0.25, 0.3) is 16.8 Å². The minimum atomic E-state index is -0.709. The fourth-order valence-electron chi connectivity index (χ4n) is 3.41. The van der Waals surface area contributed by atoms with Gasteiger partial charge in [-0.2, -0.15) is 0 Å². The molecule has 3 rings (SSSR count). The first-order valence-corrected chi connectivity index (χ1v) is 10.8. The van der Waals surface area contributed by atoms with Gasteiger partial charge in [-0.1, -0.05) is 60.7 Å². The number of hydrogen-bond donors (Lipinski definition) is 3. The molecule has 0 saturated carbocycles. The van der Waals surface area contributed by atoms with Gasteiger partial charge in [0.05, 0.1) is 13.2 Å². The summed E-state index contributed by atoms with van der Waals surface area (Å²) in [6.07, 6.45) is 4.51. The molecule has 8 heteroatoms. The minimum Gasteiger partial charge on any atom is -0.466 e. The number of nitrogens with one attached hydrogen (secondary N) is 3. The molecule has 0 aromatic heterocycles. The summed E-state index contributed by atoms with van der Waals surface area (Å²) in [5.74, 6) is -2.31. The smallest absolute Gasteiger partial charge is 0.330 e. The zero-order valence-electron chi connectivity index (χ0n) is 19.3. The van der Waals surface area contributed by atoms with Crippen LogP contribution in [0, 0.1) is 0 Å².